The van der Waals surface area contributed by atoms with Crippen molar-refractivity contribution in [3.05, 3.63) is 130 Å². The van der Waals surface area contributed by atoms with Crippen LogP contribution in [0.1, 0.15) is 172 Å². The molecule has 0 saturated carbocycles. The fraction of sp³-hybridized carbons (Fsp3) is 0.533. The monoisotopic (exact) mass is 957 g/mol. The first-order valence-corrected chi connectivity index (χ1v) is 25.7. The molecule has 5 aromatic rings. The van der Waals surface area contributed by atoms with Gasteiger partial charge in [0.15, 0.2) is 0 Å². The van der Waals surface area contributed by atoms with E-state index in [2.05, 4.69) is 216 Å². The highest BCUT2D eigenvalue weighted by Crippen LogP contribution is 2.56. The Hall–Kier alpha value is -5.16. The molecule has 0 saturated heterocycles. The second-order valence-corrected chi connectivity index (χ2v) is 23.0. The molecular formula is C60H88N6O4. The molecule has 5 unspecified atom stereocenters. The highest BCUT2D eigenvalue weighted by atomic mass is 16.5. The summed E-state index contributed by atoms with van der Waals surface area (Å²) < 4.78 is 24.0. The van der Waals surface area contributed by atoms with Gasteiger partial charge in [0.2, 0.25) is 0 Å². The van der Waals surface area contributed by atoms with Gasteiger partial charge >= 0.3 is 0 Å². The third-order valence-corrected chi connectivity index (χ3v) is 14.0. The van der Waals surface area contributed by atoms with Gasteiger partial charge in [-0.15, -0.1) is 0 Å². The lowest BCUT2D eigenvalue weighted by atomic mass is 9.70. The van der Waals surface area contributed by atoms with Crippen LogP contribution in [0.3, 0.4) is 0 Å². The van der Waals surface area contributed by atoms with E-state index in [0.29, 0.717) is 18.1 Å². The molecule has 6 N–H and O–H groups in total. The van der Waals surface area contributed by atoms with E-state index in [-0.39, 0.29) is 52.7 Å². The zero-order valence-electron chi connectivity index (χ0n) is 46.1. The van der Waals surface area contributed by atoms with E-state index in [1.54, 1.807) is 13.4 Å². The zero-order chi connectivity index (χ0) is 51.5. The second kappa shape index (κ2) is 22.1. The van der Waals surface area contributed by atoms with Gasteiger partial charge in [0.05, 0.1) is 42.8 Å². The van der Waals surface area contributed by atoms with Crippen molar-refractivity contribution in [1.29, 1.82) is 0 Å². The Balaban J connectivity index is 0.000000174. The van der Waals surface area contributed by atoms with E-state index in [1.165, 1.54) is 56.0 Å². The van der Waals surface area contributed by atoms with Gasteiger partial charge in [-0.3, -0.25) is 0 Å². The number of benzene rings is 4. The molecule has 0 bridgehead atoms. The molecule has 70 heavy (non-hydrogen) atoms. The molecule has 5 atom stereocenters. The first-order valence-electron chi connectivity index (χ1n) is 25.7. The number of aryl methyl sites for hydroxylation is 3. The molecule has 10 nitrogen and oxygen atoms in total. The molecule has 10 heteroatoms. The van der Waals surface area contributed by atoms with Gasteiger partial charge in [0, 0.05) is 106 Å². The number of ether oxygens (including phenoxy) is 3. The van der Waals surface area contributed by atoms with Crippen LogP contribution in [-0.2, 0) is 14.2 Å². The maximum absolute atomic E-state index is 6.47. The SMILES string of the molecule is COC1c2cc(NC(C)C)cc(C)c2NC(c2ccccc2)C1(C)C.COC1c2cc(NC(C)C)cc(C)c2NCC1(C)C.Cc1cc(NC(C)C)cc2c1NC(c1ccco1)C(C)(C)C2OC(C)C. The van der Waals surface area contributed by atoms with Gasteiger partial charge < -0.3 is 50.5 Å². The number of anilines is 6. The lowest BCUT2D eigenvalue weighted by Gasteiger charge is -2.47. The molecule has 1 aromatic heterocycles. The third kappa shape index (κ3) is 11.9. The minimum absolute atomic E-state index is 0.0264. The number of fused-ring (bicyclic) bond motifs is 3. The van der Waals surface area contributed by atoms with Crippen LogP contribution in [-0.4, -0.2) is 45.0 Å². The summed E-state index contributed by atoms with van der Waals surface area (Å²) in [6.45, 7) is 38.1. The van der Waals surface area contributed by atoms with Gasteiger partial charge in [0.1, 0.15) is 5.76 Å². The summed E-state index contributed by atoms with van der Waals surface area (Å²) in [4.78, 5) is 0. The van der Waals surface area contributed by atoms with Gasteiger partial charge in [-0.1, -0.05) is 71.9 Å². The Morgan fingerprint density at radius 1 is 0.543 bits per heavy atom. The van der Waals surface area contributed by atoms with Crippen molar-refractivity contribution in [2.75, 3.05) is 52.7 Å². The fourth-order valence-corrected chi connectivity index (χ4v) is 11.0. The quantitative estimate of drug-likeness (QED) is 0.0723. The van der Waals surface area contributed by atoms with Crippen LogP contribution < -0.4 is 31.9 Å². The third-order valence-electron chi connectivity index (χ3n) is 14.0. The van der Waals surface area contributed by atoms with Crippen LogP contribution in [0, 0.1) is 37.0 Å². The van der Waals surface area contributed by atoms with Gasteiger partial charge in [-0.2, -0.15) is 0 Å². The normalized spacial score (nSPS) is 21.4. The average molecular weight is 957 g/mol. The lowest BCUT2D eigenvalue weighted by Crippen LogP contribution is -2.41. The topological polar surface area (TPSA) is 113 Å². The number of nitrogens with one attached hydrogen (secondary N) is 6. The molecule has 3 aliphatic heterocycles. The number of hydrogen-bond donors (Lipinski definition) is 6. The molecule has 382 valence electrons. The van der Waals surface area contributed by atoms with Crippen molar-refractivity contribution in [2.45, 2.75) is 172 Å². The Bertz CT molecular complexity index is 2490. The molecule has 0 radical (unpaired) electrons. The summed E-state index contributed by atoms with van der Waals surface area (Å²) >= 11 is 0. The molecule has 4 heterocycles. The van der Waals surface area contributed by atoms with E-state index in [9.17, 15) is 0 Å². The molecule has 4 aromatic carbocycles. The molecular weight excluding hydrogens is 869 g/mol. The van der Waals surface area contributed by atoms with E-state index in [1.807, 2.05) is 19.2 Å². The Kier molecular flexibility index (Phi) is 17.1. The van der Waals surface area contributed by atoms with Gasteiger partial charge in [0.25, 0.3) is 0 Å². The molecule has 0 spiro atoms. The van der Waals surface area contributed by atoms with E-state index < -0.39 is 0 Å². The van der Waals surface area contributed by atoms with Gasteiger partial charge in [-0.25, -0.2) is 0 Å². The summed E-state index contributed by atoms with van der Waals surface area (Å²) in [7, 11) is 3.63. The van der Waals surface area contributed by atoms with Crippen molar-refractivity contribution in [3.8, 4) is 0 Å². The smallest absolute Gasteiger partial charge is 0.126 e. The predicted octanol–water partition coefficient (Wildman–Crippen LogP) is 15.7. The Morgan fingerprint density at radius 3 is 1.43 bits per heavy atom. The molecule has 3 aliphatic rings. The summed E-state index contributed by atoms with van der Waals surface area (Å²) in [6.07, 6.45) is 2.02. The highest BCUT2D eigenvalue weighted by Gasteiger charge is 2.48. The predicted molar refractivity (Wildman–Crippen MR) is 296 cm³/mol. The zero-order valence-corrected chi connectivity index (χ0v) is 46.1. The number of methoxy groups -OCH3 is 2. The van der Waals surface area contributed by atoms with E-state index in [0.717, 1.165) is 29.4 Å². The largest absolute Gasteiger partial charge is 0.467 e. The van der Waals surface area contributed by atoms with Crippen LogP contribution in [0.15, 0.2) is 89.5 Å². The maximum Gasteiger partial charge on any atom is 0.126 e. The fourth-order valence-electron chi connectivity index (χ4n) is 11.0. The number of furan rings is 1. The Labute approximate surface area is 422 Å². The maximum atomic E-state index is 6.47. The van der Waals surface area contributed by atoms with Crippen molar-refractivity contribution < 1.29 is 18.6 Å². The second-order valence-electron chi connectivity index (χ2n) is 23.0. The highest BCUT2D eigenvalue weighted by molar-refractivity contribution is 5.70. The standard InChI is InChI=1S/C22H32N2O2.C22H30N2O.C16H26N2O/c1-13(2)23-16-11-15(5)19-17(12-16)21(26-14(3)4)22(6,7)20(24-19)18-9-8-10-25-18;1-14(2)23-17-12-15(3)19-18(13-17)21(25-6)22(4,5)20(24-19)16-10-8-7-9-11-16;1-10(2)18-12-7-11(3)14-13(8-12)15(19-6)16(4,5)9-17-14/h8-14,20-21,23-24H,1-7H3;7-14,20-21,23-24H,1-6H3;7-8,10,15,17-18H,9H2,1-6H3. The van der Waals surface area contributed by atoms with E-state index >= 15 is 0 Å². The molecule has 0 aliphatic carbocycles. The van der Waals surface area contributed by atoms with Crippen molar-refractivity contribution >= 4 is 34.1 Å². The minimum Gasteiger partial charge on any atom is -0.467 e. The first kappa shape index (κ1) is 54.2. The first-order chi connectivity index (χ1) is 32.9. The number of hydrogen-bond acceptors (Lipinski definition) is 10. The molecule has 0 fully saturated rings. The van der Waals surface area contributed by atoms with E-state index in [4.69, 9.17) is 18.6 Å². The minimum atomic E-state index is -0.169. The summed E-state index contributed by atoms with van der Waals surface area (Å²) in [6, 6.07) is 29.5. The van der Waals surface area contributed by atoms with Crippen LogP contribution in [0.4, 0.5) is 34.1 Å². The van der Waals surface area contributed by atoms with Crippen molar-refractivity contribution in [3.63, 3.8) is 0 Å². The summed E-state index contributed by atoms with van der Waals surface area (Å²) in [5.74, 6) is 0.946. The van der Waals surface area contributed by atoms with Crippen LogP contribution in [0.5, 0.6) is 0 Å². The molecule has 0 amide bonds. The Morgan fingerprint density at radius 2 is 0.986 bits per heavy atom. The van der Waals surface area contributed by atoms with Gasteiger partial charge in [-0.05, 0) is 147 Å². The van der Waals surface area contributed by atoms with Crippen LogP contribution >= 0.6 is 0 Å². The average Bonchev–Trinajstić information content (AvgIpc) is 3.79. The number of rotatable bonds is 12. The van der Waals surface area contributed by atoms with Crippen LogP contribution in [0.25, 0.3) is 0 Å². The molecule has 8 rings (SSSR count). The summed E-state index contributed by atoms with van der Waals surface area (Å²) in [5, 5.41) is 21.7. The lowest BCUT2D eigenvalue weighted by molar-refractivity contribution is -0.0737. The van der Waals surface area contributed by atoms with Crippen molar-refractivity contribution in [1.82, 2.24) is 0 Å². The summed E-state index contributed by atoms with van der Waals surface area (Å²) in [5.41, 5.74) is 15.7. The van der Waals surface area contributed by atoms with Crippen molar-refractivity contribution in [2.24, 2.45) is 16.2 Å². The van der Waals surface area contributed by atoms with Crippen LogP contribution in [0.2, 0.25) is 0 Å².